The molecule has 0 aliphatic carbocycles. The van der Waals surface area contributed by atoms with Gasteiger partial charge in [0, 0.05) is 12.2 Å². The van der Waals surface area contributed by atoms with Crippen LogP contribution in [-0.4, -0.2) is 85.3 Å². The van der Waals surface area contributed by atoms with Gasteiger partial charge in [0.1, 0.15) is 36.6 Å². The van der Waals surface area contributed by atoms with Crippen LogP contribution in [0, 0.1) is 0 Å². The molecule has 9 nitrogen and oxygen atoms in total. The molecule has 4 saturated heterocycles. The van der Waals surface area contributed by atoms with Crippen LogP contribution < -0.4 is 0 Å². The van der Waals surface area contributed by atoms with Crippen LogP contribution in [0.1, 0.15) is 25.2 Å². The molecule has 0 radical (unpaired) electrons. The molecule has 2 N–H and O–H groups in total. The van der Waals surface area contributed by atoms with E-state index in [9.17, 15) is 10.2 Å². The van der Waals surface area contributed by atoms with Crippen LogP contribution in [0.4, 0.5) is 0 Å². The fraction of sp³-hybridized carbons (Fsp3) is 0.714. The third kappa shape index (κ3) is 4.02. The molecule has 0 aromatic heterocycles. The van der Waals surface area contributed by atoms with E-state index in [2.05, 4.69) is 0 Å². The van der Waals surface area contributed by atoms with E-state index in [-0.39, 0.29) is 24.9 Å². The summed E-state index contributed by atoms with van der Waals surface area (Å²) in [6, 6.07) is 9.46. The number of epoxide rings is 1. The number of hydrogen-bond acceptors (Lipinski definition) is 9. The van der Waals surface area contributed by atoms with Crippen LogP contribution in [0.2, 0.25) is 0 Å². The van der Waals surface area contributed by atoms with Gasteiger partial charge in [0.15, 0.2) is 18.9 Å². The van der Waals surface area contributed by atoms with E-state index in [4.69, 9.17) is 33.2 Å². The molecule has 0 bridgehead atoms. The molecule has 0 amide bonds. The molecule has 10 atom stereocenters. The van der Waals surface area contributed by atoms with Crippen LogP contribution in [0.15, 0.2) is 30.3 Å². The minimum Gasteiger partial charge on any atom is -0.387 e. The highest BCUT2D eigenvalue weighted by Gasteiger charge is 2.56. The van der Waals surface area contributed by atoms with Gasteiger partial charge in [-0.25, -0.2) is 0 Å². The Morgan fingerprint density at radius 3 is 2.57 bits per heavy atom. The van der Waals surface area contributed by atoms with Crippen LogP contribution in [-0.2, 0) is 33.2 Å². The fourth-order valence-corrected chi connectivity index (χ4v) is 4.31. The lowest BCUT2D eigenvalue weighted by Crippen LogP contribution is -2.62. The van der Waals surface area contributed by atoms with E-state index in [0.29, 0.717) is 19.6 Å². The standard InChI is InChI=1S/C21H28O9/c1-2-24-21-18-17(29-18)12(8-9-25-21)27-20-15(23)14(22)16-13(28-20)10-26-19(30-16)11-6-4-3-5-7-11/h3-7,12-23H,2,8-10H2,1H3. The van der Waals surface area contributed by atoms with Gasteiger partial charge >= 0.3 is 0 Å². The van der Waals surface area contributed by atoms with Crippen molar-refractivity contribution in [2.75, 3.05) is 19.8 Å². The molecule has 4 heterocycles. The summed E-state index contributed by atoms with van der Waals surface area (Å²) in [5.74, 6) is 0. The first-order valence-corrected chi connectivity index (χ1v) is 10.5. The van der Waals surface area contributed by atoms with Crippen LogP contribution in [0.25, 0.3) is 0 Å². The maximum atomic E-state index is 10.7. The van der Waals surface area contributed by atoms with Gasteiger partial charge in [-0.05, 0) is 13.3 Å². The maximum Gasteiger partial charge on any atom is 0.187 e. The summed E-state index contributed by atoms with van der Waals surface area (Å²) in [5, 5.41) is 21.4. The second-order valence-electron chi connectivity index (χ2n) is 7.92. The van der Waals surface area contributed by atoms with Gasteiger partial charge in [-0.15, -0.1) is 0 Å². The minimum atomic E-state index is -1.26. The highest BCUT2D eigenvalue weighted by molar-refractivity contribution is 5.16. The lowest BCUT2D eigenvalue weighted by molar-refractivity contribution is -0.367. The van der Waals surface area contributed by atoms with Crippen molar-refractivity contribution in [2.45, 2.75) is 74.9 Å². The Balaban J connectivity index is 1.21. The van der Waals surface area contributed by atoms with Crippen molar-refractivity contribution in [1.29, 1.82) is 0 Å². The Kier molecular flexibility index (Phi) is 6.07. The van der Waals surface area contributed by atoms with Gasteiger partial charge in [0.2, 0.25) is 0 Å². The summed E-state index contributed by atoms with van der Waals surface area (Å²) in [5.41, 5.74) is 0.843. The first-order valence-electron chi connectivity index (χ1n) is 10.5. The van der Waals surface area contributed by atoms with Crippen molar-refractivity contribution < 1.29 is 43.4 Å². The monoisotopic (exact) mass is 424 g/mol. The SMILES string of the molecule is CCOC1OCCC(OC2OC3COC(c4ccccc4)OC3C(O)C2O)C2OC12. The van der Waals surface area contributed by atoms with E-state index < -0.39 is 43.3 Å². The molecule has 0 saturated carbocycles. The lowest BCUT2D eigenvalue weighted by atomic mass is 9.97. The van der Waals surface area contributed by atoms with Crippen molar-refractivity contribution in [2.24, 2.45) is 0 Å². The summed E-state index contributed by atoms with van der Waals surface area (Å²) in [6.07, 6.45) is -5.87. The number of rotatable bonds is 5. The Hall–Kier alpha value is -1.14. The Labute approximate surface area is 174 Å². The van der Waals surface area contributed by atoms with Crippen molar-refractivity contribution in [3.63, 3.8) is 0 Å². The predicted octanol–water partition coefficient (Wildman–Crippen LogP) is 0.483. The zero-order chi connectivity index (χ0) is 20.7. The molecule has 166 valence electrons. The van der Waals surface area contributed by atoms with Crippen molar-refractivity contribution in [3.8, 4) is 0 Å². The fourth-order valence-electron chi connectivity index (χ4n) is 4.31. The lowest BCUT2D eigenvalue weighted by Gasteiger charge is -2.46. The van der Waals surface area contributed by atoms with Crippen LogP contribution in [0.3, 0.4) is 0 Å². The van der Waals surface area contributed by atoms with E-state index in [1.807, 2.05) is 37.3 Å². The van der Waals surface area contributed by atoms with Gasteiger partial charge in [-0.2, -0.15) is 0 Å². The molecular formula is C21H28O9. The van der Waals surface area contributed by atoms with Gasteiger partial charge in [-0.1, -0.05) is 30.3 Å². The van der Waals surface area contributed by atoms with Crippen LogP contribution >= 0.6 is 0 Å². The van der Waals surface area contributed by atoms with Crippen molar-refractivity contribution in [1.82, 2.24) is 0 Å². The zero-order valence-electron chi connectivity index (χ0n) is 16.7. The molecule has 4 fully saturated rings. The maximum absolute atomic E-state index is 10.7. The third-order valence-corrected chi connectivity index (χ3v) is 5.93. The minimum absolute atomic E-state index is 0.184. The molecule has 9 heteroatoms. The molecular weight excluding hydrogens is 396 g/mol. The van der Waals surface area contributed by atoms with Gasteiger partial charge in [0.25, 0.3) is 0 Å². The second kappa shape index (κ2) is 8.78. The molecule has 1 aromatic carbocycles. The van der Waals surface area contributed by atoms with Crippen molar-refractivity contribution in [3.05, 3.63) is 35.9 Å². The summed E-state index contributed by atoms with van der Waals surface area (Å²) in [6.45, 7) is 3.11. The van der Waals surface area contributed by atoms with E-state index in [1.54, 1.807) is 0 Å². The van der Waals surface area contributed by atoms with E-state index in [1.165, 1.54) is 0 Å². The van der Waals surface area contributed by atoms with Crippen molar-refractivity contribution >= 4 is 0 Å². The Morgan fingerprint density at radius 2 is 1.77 bits per heavy atom. The van der Waals surface area contributed by atoms with Gasteiger partial charge < -0.3 is 43.4 Å². The number of aliphatic hydroxyl groups is 2. The average molecular weight is 424 g/mol. The first-order chi connectivity index (χ1) is 14.7. The Bertz CT molecular complexity index is 701. The third-order valence-electron chi connectivity index (χ3n) is 5.93. The Morgan fingerprint density at radius 1 is 0.933 bits per heavy atom. The number of fused-ring (bicyclic) bond motifs is 2. The van der Waals surface area contributed by atoms with E-state index >= 15 is 0 Å². The van der Waals surface area contributed by atoms with Crippen LogP contribution in [0.5, 0.6) is 0 Å². The largest absolute Gasteiger partial charge is 0.387 e. The topological polar surface area (TPSA) is 108 Å². The molecule has 30 heavy (non-hydrogen) atoms. The molecule has 10 unspecified atom stereocenters. The highest BCUT2D eigenvalue weighted by atomic mass is 16.8. The molecule has 4 aliphatic heterocycles. The number of ether oxygens (including phenoxy) is 7. The average Bonchev–Trinajstić information content (AvgIpc) is 3.57. The van der Waals surface area contributed by atoms with E-state index in [0.717, 1.165) is 5.56 Å². The first kappa shape index (κ1) is 20.7. The summed E-state index contributed by atoms with van der Waals surface area (Å²) in [4.78, 5) is 0. The normalized spacial score (nSPS) is 45.8. The molecule has 5 rings (SSSR count). The molecule has 4 aliphatic rings. The summed E-state index contributed by atoms with van der Waals surface area (Å²) in [7, 11) is 0. The molecule has 1 aromatic rings. The summed E-state index contributed by atoms with van der Waals surface area (Å²) >= 11 is 0. The second-order valence-corrected chi connectivity index (χ2v) is 7.92. The molecule has 0 spiro atoms. The zero-order valence-corrected chi connectivity index (χ0v) is 16.7. The quantitative estimate of drug-likeness (QED) is 0.653. The summed E-state index contributed by atoms with van der Waals surface area (Å²) < 4.78 is 40.6. The number of hydrogen-bond donors (Lipinski definition) is 2. The predicted molar refractivity (Wildman–Crippen MR) is 100 cm³/mol. The highest BCUT2D eigenvalue weighted by Crippen LogP contribution is 2.39. The number of benzene rings is 1. The smallest absolute Gasteiger partial charge is 0.187 e. The van der Waals surface area contributed by atoms with Gasteiger partial charge in [-0.3, -0.25) is 0 Å². The number of aliphatic hydroxyl groups excluding tert-OH is 2. The van der Waals surface area contributed by atoms with Gasteiger partial charge in [0.05, 0.1) is 19.3 Å².